The van der Waals surface area contributed by atoms with Crippen LogP contribution in [0, 0.1) is 0 Å². The van der Waals surface area contributed by atoms with Crippen molar-refractivity contribution in [3.05, 3.63) is 41.7 Å². The molecule has 1 aromatic heterocycles. The summed E-state index contributed by atoms with van der Waals surface area (Å²) in [5.74, 6) is 0.392. The van der Waals surface area contributed by atoms with Gasteiger partial charge in [-0.2, -0.15) is 0 Å². The lowest BCUT2D eigenvalue weighted by Crippen LogP contribution is -2.15. The molecular weight excluding hydrogens is 250 g/mol. The standard InChI is InChI=1S/C16H19N3O/c1-10-8-20-9-14-12(10)6-19-7-13(14)11-3-4-15(17)16(5-11)18-2/h3-7,10,18H,8-9,17H2,1-2H3. The second kappa shape index (κ2) is 5.13. The number of aromatic nitrogens is 1. The maximum absolute atomic E-state index is 5.94. The summed E-state index contributed by atoms with van der Waals surface area (Å²) in [7, 11) is 1.87. The predicted octanol–water partition coefficient (Wildman–Crippen LogP) is 3.01. The second-order valence-corrected chi connectivity index (χ2v) is 5.22. The van der Waals surface area contributed by atoms with Gasteiger partial charge in [-0.3, -0.25) is 4.98 Å². The van der Waals surface area contributed by atoms with Crippen LogP contribution in [0.5, 0.6) is 0 Å². The molecule has 2 aromatic rings. The zero-order chi connectivity index (χ0) is 14.1. The minimum absolute atomic E-state index is 0.392. The van der Waals surface area contributed by atoms with Crippen LogP contribution in [0.15, 0.2) is 30.6 Å². The molecule has 0 amide bonds. The smallest absolute Gasteiger partial charge is 0.0727 e. The highest BCUT2D eigenvalue weighted by Gasteiger charge is 2.20. The maximum Gasteiger partial charge on any atom is 0.0727 e. The monoisotopic (exact) mass is 269 g/mol. The first-order valence-corrected chi connectivity index (χ1v) is 6.83. The van der Waals surface area contributed by atoms with Crippen molar-refractivity contribution >= 4 is 11.4 Å². The number of fused-ring (bicyclic) bond motifs is 1. The van der Waals surface area contributed by atoms with E-state index in [2.05, 4.69) is 23.3 Å². The van der Waals surface area contributed by atoms with E-state index < -0.39 is 0 Å². The van der Waals surface area contributed by atoms with Crippen molar-refractivity contribution in [3.63, 3.8) is 0 Å². The quantitative estimate of drug-likeness (QED) is 0.823. The molecule has 3 rings (SSSR count). The Bertz CT molecular complexity index is 640. The molecule has 4 heteroatoms. The summed E-state index contributed by atoms with van der Waals surface area (Å²) < 4.78 is 5.68. The fourth-order valence-corrected chi connectivity index (χ4v) is 2.71. The number of rotatable bonds is 2. The molecule has 0 fully saturated rings. The Labute approximate surface area is 119 Å². The first-order valence-electron chi connectivity index (χ1n) is 6.83. The molecular formula is C16H19N3O. The molecule has 1 aliphatic rings. The number of nitrogens with zero attached hydrogens (tertiary/aromatic N) is 1. The van der Waals surface area contributed by atoms with Crippen LogP contribution >= 0.6 is 0 Å². The average Bonchev–Trinajstić information content (AvgIpc) is 2.48. The van der Waals surface area contributed by atoms with Crippen molar-refractivity contribution < 1.29 is 4.74 Å². The average molecular weight is 269 g/mol. The topological polar surface area (TPSA) is 60.2 Å². The Kier molecular flexibility index (Phi) is 3.32. The minimum Gasteiger partial charge on any atom is -0.397 e. The Morgan fingerprint density at radius 2 is 2.20 bits per heavy atom. The van der Waals surface area contributed by atoms with E-state index in [1.54, 1.807) is 0 Å². The highest BCUT2D eigenvalue weighted by Crippen LogP contribution is 2.35. The molecule has 104 valence electrons. The van der Waals surface area contributed by atoms with Gasteiger partial charge in [0.25, 0.3) is 0 Å². The molecule has 1 unspecified atom stereocenters. The molecule has 4 nitrogen and oxygen atoms in total. The summed E-state index contributed by atoms with van der Waals surface area (Å²) in [5.41, 5.74) is 12.4. The Hall–Kier alpha value is -2.07. The van der Waals surface area contributed by atoms with E-state index in [0.29, 0.717) is 12.5 Å². The summed E-state index contributed by atoms with van der Waals surface area (Å²) in [5, 5.41) is 3.12. The SMILES string of the molecule is CNc1cc(-c2cncc3c2COCC3C)ccc1N. The Balaban J connectivity index is 2.13. The molecule has 1 aromatic carbocycles. The zero-order valence-corrected chi connectivity index (χ0v) is 11.8. The minimum atomic E-state index is 0.392. The third-order valence-electron chi connectivity index (χ3n) is 3.87. The molecule has 1 aliphatic heterocycles. The lowest BCUT2D eigenvalue weighted by atomic mass is 9.91. The van der Waals surface area contributed by atoms with Crippen molar-refractivity contribution in [2.75, 3.05) is 24.7 Å². The highest BCUT2D eigenvalue weighted by molar-refractivity contribution is 5.77. The predicted molar refractivity (Wildman–Crippen MR) is 81.7 cm³/mol. The number of benzene rings is 1. The number of hydrogen-bond donors (Lipinski definition) is 2. The molecule has 0 radical (unpaired) electrons. The van der Waals surface area contributed by atoms with Gasteiger partial charge in [-0.15, -0.1) is 0 Å². The van der Waals surface area contributed by atoms with Gasteiger partial charge in [0, 0.05) is 30.9 Å². The summed E-state index contributed by atoms with van der Waals surface area (Å²) in [6, 6.07) is 6.02. The maximum atomic E-state index is 5.94. The number of nitrogens with two attached hydrogens (primary N) is 1. The first-order chi connectivity index (χ1) is 9.70. The largest absolute Gasteiger partial charge is 0.397 e. The third-order valence-corrected chi connectivity index (χ3v) is 3.87. The molecule has 0 aliphatic carbocycles. The van der Waals surface area contributed by atoms with Crippen LogP contribution in [0.4, 0.5) is 11.4 Å². The van der Waals surface area contributed by atoms with E-state index in [1.807, 2.05) is 31.6 Å². The van der Waals surface area contributed by atoms with Gasteiger partial charge in [0.05, 0.1) is 24.6 Å². The number of anilines is 2. The molecule has 0 saturated carbocycles. The number of hydrogen-bond acceptors (Lipinski definition) is 4. The van der Waals surface area contributed by atoms with E-state index in [0.717, 1.165) is 29.1 Å². The van der Waals surface area contributed by atoms with Crippen LogP contribution in [0.2, 0.25) is 0 Å². The summed E-state index contributed by atoms with van der Waals surface area (Å²) >= 11 is 0. The van der Waals surface area contributed by atoms with Crippen LogP contribution in [-0.2, 0) is 11.3 Å². The van der Waals surface area contributed by atoms with E-state index in [9.17, 15) is 0 Å². The first kappa shape index (κ1) is 12.9. The molecule has 0 bridgehead atoms. The molecule has 0 spiro atoms. The van der Waals surface area contributed by atoms with E-state index in [1.165, 1.54) is 11.1 Å². The van der Waals surface area contributed by atoms with Crippen LogP contribution in [-0.4, -0.2) is 18.6 Å². The van der Waals surface area contributed by atoms with Gasteiger partial charge in [-0.25, -0.2) is 0 Å². The molecule has 20 heavy (non-hydrogen) atoms. The summed E-state index contributed by atoms with van der Waals surface area (Å²) in [4.78, 5) is 4.40. The van der Waals surface area contributed by atoms with Crippen molar-refractivity contribution in [1.82, 2.24) is 4.98 Å². The van der Waals surface area contributed by atoms with Gasteiger partial charge in [0.2, 0.25) is 0 Å². The summed E-state index contributed by atoms with van der Waals surface area (Å²) in [6.45, 7) is 3.59. The van der Waals surface area contributed by atoms with Gasteiger partial charge in [-0.1, -0.05) is 13.0 Å². The van der Waals surface area contributed by atoms with Crippen molar-refractivity contribution in [2.24, 2.45) is 0 Å². The normalized spacial score (nSPS) is 17.6. The third kappa shape index (κ3) is 2.12. The van der Waals surface area contributed by atoms with Crippen molar-refractivity contribution in [3.8, 4) is 11.1 Å². The number of pyridine rings is 1. The Morgan fingerprint density at radius 3 is 3.00 bits per heavy atom. The van der Waals surface area contributed by atoms with Gasteiger partial charge in [0.15, 0.2) is 0 Å². The van der Waals surface area contributed by atoms with Gasteiger partial charge in [0.1, 0.15) is 0 Å². The fourth-order valence-electron chi connectivity index (χ4n) is 2.71. The van der Waals surface area contributed by atoms with E-state index in [4.69, 9.17) is 10.5 Å². The van der Waals surface area contributed by atoms with Crippen molar-refractivity contribution in [2.45, 2.75) is 19.4 Å². The molecule has 2 heterocycles. The van der Waals surface area contributed by atoms with Crippen LogP contribution < -0.4 is 11.1 Å². The van der Waals surface area contributed by atoms with Crippen LogP contribution in [0.3, 0.4) is 0 Å². The molecule has 3 N–H and O–H groups in total. The van der Waals surface area contributed by atoms with Gasteiger partial charge < -0.3 is 15.8 Å². The zero-order valence-electron chi connectivity index (χ0n) is 11.8. The van der Waals surface area contributed by atoms with Crippen LogP contribution in [0.1, 0.15) is 24.0 Å². The highest BCUT2D eigenvalue weighted by atomic mass is 16.5. The lowest BCUT2D eigenvalue weighted by molar-refractivity contribution is 0.0953. The number of nitrogens with one attached hydrogen (secondary N) is 1. The van der Waals surface area contributed by atoms with Gasteiger partial charge >= 0.3 is 0 Å². The van der Waals surface area contributed by atoms with Crippen molar-refractivity contribution in [1.29, 1.82) is 0 Å². The fraction of sp³-hybridized carbons (Fsp3) is 0.312. The summed E-state index contributed by atoms with van der Waals surface area (Å²) in [6.07, 6.45) is 3.87. The Morgan fingerprint density at radius 1 is 1.35 bits per heavy atom. The van der Waals surface area contributed by atoms with E-state index >= 15 is 0 Å². The lowest BCUT2D eigenvalue weighted by Gasteiger charge is -2.24. The number of ether oxygens (including phenoxy) is 1. The molecule has 0 saturated heterocycles. The second-order valence-electron chi connectivity index (χ2n) is 5.22. The van der Waals surface area contributed by atoms with Gasteiger partial charge in [-0.05, 0) is 28.8 Å². The number of nitrogen functional groups attached to an aromatic ring is 1. The van der Waals surface area contributed by atoms with E-state index in [-0.39, 0.29) is 0 Å². The van der Waals surface area contributed by atoms with Crippen LogP contribution in [0.25, 0.3) is 11.1 Å². The molecule has 1 atom stereocenters.